The number of aromatic nitrogens is 4. The Hall–Kier alpha value is -3.54. The maximum atomic E-state index is 11.9. The van der Waals surface area contributed by atoms with E-state index in [0.29, 0.717) is 24.6 Å². The van der Waals surface area contributed by atoms with Gasteiger partial charge in [0, 0.05) is 31.2 Å². The van der Waals surface area contributed by atoms with E-state index >= 15 is 0 Å². The Labute approximate surface area is 169 Å². The molecule has 9 nitrogen and oxygen atoms in total. The van der Waals surface area contributed by atoms with Crippen molar-refractivity contribution in [3.63, 3.8) is 0 Å². The molecule has 2 aromatic rings. The summed E-state index contributed by atoms with van der Waals surface area (Å²) in [5, 5.41) is 12.2. The Kier molecular flexibility index (Phi) is 5.33. The molecule has 1 saturated heterocycles. The minimum Gasteiger partial charge on any atom is -0.354 e. The van der Waals surface area contributed by atoms with Gasteiger partial charge in [0.05, 0.1) is 30.2 Å². The number of piperidine rings is 1. The van der Waals surface area contributed by atoms with Crippen LogP contribution in [0.25, 0.3) is 0 Å². The van der Waals surface area contributed by atoms with Crippen LogP contribution in [0, 0.1) is 11.3 Å². The second-order valence-corrected chi connectivity index (χ2v) is 7.17. The molecule has 0 spiro atoms. The van der Waals surface area contributed by atoms with Crippen LogP contribution in [0.3, 0.4) is 0 Å². The lowest BCUT2D eigenvalue weighted by atomic mass is 10.0. The third-order valence-electron chi connectivity index (χ3n) is 5.31. The van der Waals surface area contributed by atoms with Gasteiger partial charge in [-0.05, 0) is 25.3 Å². The molecule has 1 N–H and O–H groups in total. The van der Waals surface area contributed by atoms with E-state index in [-0.39, 0.29) is 11.9 Å². The predicted octanol–water partition coefficient (Wildman–Crippen LogP) is 1.29. The van der Waals surface area contributed by atoms with Gasteiger partial charge in [0.15, 0.2) is 0 Å². The lowest BCUT2D eigenvalue weighted by Crippen LogP contribution is -2.44. The molecular formula is C20H22N8O. The van der Waals surface area contributed by atoms with Gasteiger partial charge in [-0.15, -0.1) is 0 Å². The Balaban J connectivity index is 1.48. The van der Waals surface area contributed by atoms with Gasteiger partial charge in [-0.1, -0.05) is 6.58 Å². The Morgan fingerprint density at radius 2 is 2.10 bits per heavy atom. The molecule has 2 aliphatic rings. The topological polar surface area (TPSA) is 111 Å². The zero-order valence-corrected chi connectivity index (χ0v) is 16.1. The molecule has 2 aromatic heterocycles. The molecule has 29 heavy (non-hydrogen) atoms. The first kappa shape index (κ1) is 18.8. The molecule has 0 aliphatic carbocycles. The van der Waals surface area contributed by atoms with Crippen molar-refractivity contribution in [2.45, 2.75) is 31.8 Å². The second-order valence-electron chi connectivity index (χ2n) is 7.17. The van der Waals surface area contributed by atoms with E-state index in [1.807, 2.05) is 6.07 Å². The highest BCUT2D eigenvalue weighted by molar-refractivity contribution is 5.87. The summed E-state index contributed by atoms with van der Waals surface area (Å²) in [6.45, 7) is 6.41. The largest absolute Gasteiger partial charge is 0.354 e. The zero-order chi connectivity index (χ0) is 20.2. The van der Waals surface area contributed by atoms with Gasteiger partial charge >= 0.3 is 0 Å². The minimum absolute atomic E-state index is 0.0690. The summed E-state index contributed by atoms with van der Waals surface area (Å²) in [6, 6.07) is 2.21. The van der Waals surface area contributed by atoms with E-state index in [4.69, 9.17) is 5.26 Å². The second kappa shape index (κ2) is 8.22. The number of fused-ring (bicyclic) bond motifs is 1. The third-order valence-corrected chi connectivity index (χ3v) is 5.31. The first-order valence-electron chi connectivity index (χ1n) is 9.65. The van der Waals surface area contributed by atoms with Crippen molar-refractivity contribution in [3.8, 4) is 6.07 Å². The Bertz CT molecular complexity index is 952. The van der Waals surface area contributed by atoms with Crippen LogP contribution in [0.4, 0.5) is 11.8 Å². The van der Waals surface area contributed by atoms with Crippen molar-refractivity contribution in [3.05, 3.63) is 48.2 Å². The van der Waals surface area contributed by atoms with Gasteiger partial charge in [-0.25, -0.2) is 19.9 Å². The molecule has 1 fully saturated rings. The fourth-order valence-corrected chi connectivity index (χ4v) is 3.86. The van der Waals surface area contributed by atoms with Gasteiger partial charge in [-0.2, -0.15) is 5.26 Å². The highest BCUT2D eigenvalue weighted by Crippen LogP contribution is 2.28. The van der Waals surface area contributed by atoms with Crippen LogP contribution in [0.5, 0.6) is 0 Å². The fraction of sp³-hybridized carbons (Fsp3) is 0.400. The predicted molar refractivity (Wildman–Crippen MR) is 107 cm³/mol. The van der Waals surface area contributed by atoms with E-state index in [1.165, 1.54) is 18.5 Å². The number of hydrogen-bond donors (Lipinski definition) is 1. The van der Waals surface area contributed by atoms with Crippen molar-refractivity contribution >= 4 is 17.7 Å². The lowest BCUT2D eigenvalue weighted by molar-refractivity contribution is -0.126. The number of nitriles is 1. The van der Waals surface area contributed by atoms with Crippen molar-refractivity contribution in [1.29, 1.82) is 5.26 Å². The molecule has 1 atom stereocenters. The smallest absolute Gasteiger partial charge is 0.246 e. The number of amides is 1. The molecule has 0 unspecified atom stereocenters. The van der Waals surface area contributed by atoms with Gasteiger partial charge in [0.1, 0.15) is 18.2 Å². The maximum Gasteiger partial charge on any atom is 0.246 e. The average Bonchev–Trinajstić information content (AvgIpc) is 2.78. The van der Waals surface area contributed by atoms with E-state index in [0.717, 1.165) is 49.4 Å². The summed E-state index contributed by atoms with van der Waals surface area (Å²) in [7, 11) is 0. The van der Waals surface area contributed by atoms with Crippen LogP contribution >= 0.6 is 0 Å². The molecule has 4 rings (SSSR count). The molecule has 0 aromatic carbocycles. The van der Waals surface area contributed by atoms with Crippen molar-refractivity contribution in [2.75, 3.05) is 29.9 Å². The molecule has 0 saturated carbocycles. The normalized spacial score (nSPS) is 18.5. The van der Waals surface area contributed by atoms with Gasteiger partial charge in [0.2, 0.25) is 11.9 Å². The summed E-state index contributed by atoms with van der Waals surface area (Å²) in [4.78, 5) is 33.4. The highest BCUT2D eigenvalue weighted by Gasteiger charge is 2.28. The number of rotatable bonds is 4. The molecule has 0 radical (unpaired) electrons. The Morgan fingerprint density at radius 3 is 2.86 bits per heavy atom. The summed E-state index contributed by atoms with van der Waals surface area (Å²) in [5.41, 5.74) is 2.47. The van der Waals surface area contributed by atoms with Crippen LogP contribution in [0.1, 0.15) is 29.7 Å². The molecule has 1 amide bonds. The summed E-state index contributed by atoms with van der Waals surface area (Å²) < 4.78 is 0. The minimum atomic E-state index is -0.0690. The molecule has 4 heterocycles. The van der Waals surface area contributed by atoms with E-state index in [1.54, 1.807) is 11.2 Å². The number of nitrogens with zero attached hydrogens (tertiary/aromatic N) is 7. The first-order chi connectivity index (χ1) is 14.2. The Morgan fingerprint density at radius 1 is 1.28 bits per heavy atom. The standard InChI is InChI=1S/C20H22N8O/c1-2-18(29)27-7-5-16-17(12-27)24-13-25-19(16)28-6-3-4-15(11-28)26-20-22-9-14(8-21)10-23-20/h2,9-10,13,15H,1,3-7,11-12H2,(H,22,23,26)/t15-/m1/s1. The number of anilines is 2. The molecule has 2 aliphatic heterocycles. The highest BCUT2D eigenvalue weighted by atomic mass is 16.2. The van der Waals surface area contributed by atoms with Crippen LogP contribution in [-0.4, -0.2) is 56.4 Å². The molecule has 148 valence electrons. The van der Waals surface area contributed by atoms with E-state index < -0.39 is 0 Å². The summed E-state index contributed by atoms with van der Waals surface area (Å²) in [6.07, 6.45) is 8.73. The summed E-state index contributed by atoms with van der Waals surface area (Å²) in [5.74, 6) is 1.41. The molecule has 9 heteroatoms. The lowest BCUT2D eigenvalue weighted by Gasteiger charge is -2.36. The van der Waals surface area contributed by atoms with E-state index in [2.05, 4.69) is 36.7 Å². The number of hydrogen-bond acceptors (Lipinski definition) is 8. The molecule has 0 bridgehead atoms. The quantitative estimate of drug-likeness (QED) is 0.778. The summed E-state index contributed by atoms with van der Waals surface area (Å²) >= 11 is 0. The average molecular weight is 390 g/mol. The number of nitrogens with one attached hydrogen (secondary N) is 1. The molecular weight excluding hydrogens is 368 g/mol. The monoisotopic (exact) mass is 390 g/mol. The van der Waals surface area contributed by atoms with Gasteiger partial charge in [-0.3, -0.25) is 4.79 Å². The number of carbonyl (C=O) groups is 1. The third kappa shape index (κ3) is 4.01. The fourth-order valence-electron chi connectivity index (χ4n) is 3.86. The zero-order valence-electron chi connectivity index (χ0n) is 16.1. The first-order valence-corrected chi connectivity index (χ1v) is 9.65. The van der Waals surface area contributed by atoms with Crippen LogP contribution < -0.4 is 10.2 Å². The van der Waals surface area contributed by atoms with E-state index in [9.17, 15) is 4.79 Å². The van der Waals surface area contributed by atoms with Gasteiger partial charge in [0.25, 0.3) is 0 Å². The maximum absolute atomic E-state index is 11.9. The van der Waals surface area contributed by atoms with Crippen molar-refractivity contribution in [1.82, 2.24) is 24.8 Å². The van der Waals surface area contributed by atoms with Crippen LogP contribution in [-0.2, 0) is 17.8 Å². The van der Waals surface area contributed by atoms with Crippen molar-refractivity contribution < 1.29 is 4.79 Å². The van der Waals surface area contributed by atoms with Crippen LogP contribution in [0.15, 0.2) is 31.4 Å². The van der Waals surface area contributed by atoms with Gasteiger partial charge < -0.3 is 15.1 Å². The van der Waals surface area contributed by atoms with Crippen molar-refractivity contribution in [2.24, 2.45) is 0 Å². The SMILES string of the molecule is C=CC(=O)N1CCc2c(ncnc2N2CCC[C@@H](Nc3ncc(C#N)cn3)C2)C1. The number of carbonyl (C=O) groups excluding carboxylic acids is 1. The van der Waals surface area contributed by atoms with Crippen LogP contribution in [0.2, 0.25) is 0 Å².